The molecule has 0 saturated carbocycles. The molecule has 0 unspecified atom stereocenters. The number of para-hydroxylation sites is 2. The van der Waals surface area contributed by atoms with Crippen LogP contribution in [-0.4, -0.2) is 53.8 Å². The van der Waals surface area contributed by atoms with Crippen LogP contribution in [0, 0.1) is 0 Å². The van der Waals surface area contributed by atoms with E-state index in [0.717, 1.165) is 39.2 Å². The van der Waals surface area contributed by atoms with Crippen molar-refractivity contribution in [1.82, 2.24) is 14.5 Å². The molecule has 0 aliphatic carbocycles. The number of rotatable bonds is 5. The Morgan fingerprint density at radius 2 is 0.981 bits per heavy atom. The Morgan fingerprint density at radius 3 is 1.63 bits per heavy atom. The predicted molar refractivity (Wildman–Crippen MR) is 237 cm³/mol. The molecule has 0 N–H and O–H groups in total. The van der Waals surface area contributed by atoms with Crippen LogP contribution in [-0.2, 0) is 0 Å². The number of pyridine rings is 1. The lowest BCUT2D eigenvalue weighted by Crippen LogP contribution is -2.56. The third-order valence-corrected chi connectivity index (χ3v) is 11.2. The van der Waals surface area contributed by atoms with Crippen LogP contribution < -0.4 is 27.3 Å². The number of hydrogen-bond acceptors (Lipinski definition) is 2. The largest absolute Gasteiger partial charge is 0.294 e. The lowest BCUT2D eigenvalue weighted by atomic mass is 9.61. The zero-order valence-corrected chi connectivity index (χ0v) is 30.2. The first-order valence-corrected chi connectivity index (χ1v) is 18.0. The molecule has 0 bridgehead atoms. The highest BCUT2D eigenvalue weighted by Crippen LogP contribution is 2.46. The highest BCUT2D eigenvalue weighted by atomic mass is 15.1. The van der Waals surface area contributed by atoms with Gasteiger partial charge in [-0.2, -0.15) is 0 Å². The predicted octanol–water partition coefficient (Wildman–Crippen LogP) is 2.69. The molecule has 8 heteroatoms. The van der Waals surface area contributed by atoms with E-state index in [4.69, 9.17) is 4.98 Å². The minimum atomic E-state index is 0.950. The van der Waals surface area contributed by atoms with Crippen LogP contribution in [0.5, 0.6) is 0 Å². The maximum Gasteiger partial charge on any atom is 0.146 e. The topological polar surface area (TPSA) is 30.7 Å². The molecule has 0 amide bonds. The fourth-order valence-electron chi connectivity index (χ4n) is 8.24. The first-order chi connectivity index (χ1) is 25.4. The highest BCUT2D eigenvalue weighted by molar-refractivity contribution is 6.68. The Kier molecular flexibility index (Phi) is 7.77. The van der Waals surface area contributed by atoms with Crippen molar-refractivity contribution in [2.75, 3.05) is 0 Å². The van der Waals surface area contributed by atoms with Gasteiger partial charge in [-0.05, 0) is 74.1 Å². The van der Waals surface area contributed by atoms with Crippen molar-refractivity contribution in [1.29, 1.82) is 0 Å². The Hall–Kier alpha value is -6.00. The van der Waals surface area contributed by atoms with Crippen LogP contribution in [0.3, 0.4) is 0 Å². The van der Waals surface area contributed by atoms with E-state index in [1.807, 2.05) is 18.3 Å². The van der Waals surface area contributed by atoms with E-state index < -0.39 is 0 Å². The van der Waals surface area contributed by atoms with Gasteiger partial charge in [-0.3, -0.25) is 9.55 Å². The summed E-state index contributed by atoms with van der Waals surface area (Å²) in [4.78, 5) is 10.1. The van der Waals surface area contributed by atoms with Crippen LogP contribution in [0.1, 0.15) is 0 Å². The van der Waals surface area contributed by atoms with E-state index in [0.29, 0.717) is 0 Å². The Bertz CT molecular complexity index is 2780. The SMILES string of the molecule is Bc1c(B)c(B)c(-n2c(-c3ccccc3-c3c4ccccc4c(-c4cccc(-c5ccccn5)c4)c4ccccc34)nc3ccccc32)c(B)c1B. The second-order valence-corrected chi connectivity index (χ2v) is 13.9. The summed E-state index contributed by atoms with van der Waals surface area (Å²) >= 11 is 0. The molecular weight excluding hydrogens is 625 g/mol. The third kappa shape index (κ3) is 4.97. The molecule has 7 aromatic carbocycles. The van der Waals surface area contributed by atoms with E-state index in [9.17, 15) is 0 Å². The molecule has 0 aliphatic rings. The van der Waals surface area contributed by atoms with Crippen molar-refractivity contribution in [3.63, 3.8) is 0 Å². The van der Waals surface area contributed by atoms with Crippen molar-refractivity contribution in [3.8, 4) is 50.6 Å². The smallest absolute Gasteiger partial charge is 0.146 e. The molecule has 9 rings (SSSR count). The molecule has 9 aromatic rings. The monoisotopic (exact) mass is 659 g/mol. The second-order valence-electron chi connectivity index (χ2n) is 13.9. The van der Waals surface area contributed by atoms with E-state index in [1.165, 1.54) is 71.2 Å². The average Bonchev–Trinajstić information content (AvgIpc) is 3.58. The molecule has 2 aromatic heterocycles. The quantitative estimate of drug-likeness (QED) is 0.211. The van der Waals surface area contributed by atoms with Gasteiger partial charge in [0.2, 0.25) is 0 Å². The third-order valence-electron chi connectivity index (χ3n) is 11.2. The first-order valence-electron chi connectivity index (χ1n) is 18.0. The normalized spacial score (nSPS) is 11.5. The lowest BCUT2D eigenvalue weighted by molar-refractivity contribution is 1.12. The molecule has 0 spiro atoms. The zero-order chi connectivity index (χ0) is 35.5. The van der Waals surface area contributed by atoms with E-state index >= 15 is 0 Å². The standard InChI is InChI=1S/C44H34B5N3/c45-38-39(46)41(48)43(42(49)40(38)47)52-35-22-8-7-21-34(35)51-44(52)32-19-6-5-18-31(32)37-29-16-3-1-14-27(29)36(28-15-2-4-17-30(28)37)26-13-11-12-25(24-26)33-20-9-10-23-50-33/h1-24H,45-49H2. The van der Waals surface area contributed by atoms with Gasteiger partial charge >= 0.3 is 0 Å². The number of hydrogen-bond donors (Lipinski definition) is 0. The molecule has 0 aliphatic heterocycles. The molecule has 52 heavy (non-hydrogen) atoms. The molecular formula is C44H34B5N3. The maximum atomic E-state index is 5.43. The minimum Gasteiger partial charge on any atom is -0.294 e. The van der Waals surface area contributed by atoms with Gasteiger partial charge in [-0.25, -0.2) is 4.98 Å². The summed E-state index contributed by atoms with van der Waals surface area (Å²) in [5.41, 5.74) is 17.9. The molecule has 0 atom stereocenters. The Balaban J connectivity index is 1.36. The average molecular weight is 659 g/mol. The fourth-order valence-corrected chi connectivity index (χ4v) is 8.24. The van der Waals surface area contributed by atoms with Gasteiger partial charge < -0.3 is 0 Å². The number of aromatic nitrogens is 3. The first kappa shape index (κ1) is 31.9. The summed E-state index contributed by atoms with van der Waals surface area (Å²) in [5, 5.41) is 4.86. The van der Waals surface area contributed by atoms with Crippen LogP contribution in [0.2, 0.25) is 0 Å². The number of imidazole rings is 1. The van der Waals surface area contributed by atoms with E-state index in [-0.39, 0.29) is 0 Å². The van der Waals surface area contributed by atoms with Gasteiger partial charge in [0.1, 0.15) is 45.1 Å². The van der Waals surface area contributed by atoms with E-state index in [1.54, 1.807) is 0 Å². The lowest BCUT2D eigenvalue weighted by Gasteiger charge is -2.24. The summed E-state index contributed by atoms with van der Waals surface area (Å²) in [6, 6.07) is 50.0. The van der Waals surface area contributed by atoms with Crippen molar-refractivity contribution in [3.05, 3.63) is 146 Å². The van der Waals surface area contributed by atoms with Gasteiger partial charge in [0.05, 0.1) is 16.7 Å². The number of benzene rings is 7. The summed E-state index contributed by atoms with van der Waals surface area (Å²) < 4.78 is 2.42. The fraction of sp³-hybridized carbons (Fsp3) is 0. The van der Waals surface area contributed by atoms with Crippen molar-refractivity contribution in [2.45, 2.75) is 0 Å². The van der Waals surface area contributed by atoms with Crippen molar-refractivity contribution < 1.29 is 0 Å². The maximum absolute atomic E-state index is 5.43. The number of nitrogens with zero attached hydrogens (tertiary/aromatic N) is 3. The van der Waals surface area contributed by atoms with Crippen molar-refractivity contribution >= 4 is 99.1 Å². The molecule has 240 valence electrons. The van der Waals surface area contributed by atoms with Crippen LogP contribution in [0.25, 0.3) is 83.2 Å². The molecule has 0 fully saturated rings. The van der Waals surface area contributed by atoms with Crippen LogP contribution in [0.4, 0.5) is 0 Å². The van der Waals surface area contributed by atoms with Crippen LogP contribution in [0.15, 0.2) is 146 Å². The highest BCUT2D eigenvalue weighted by Gasteiger charge is 2.24. The second kappa shape index (κ2) is 12.6. The summed E-state index contributed by atoms with van der Waals surface area (Å²) in [7, 11) is 11.3. The van der Waals surface area contributed by atoms with E-state index in [2.05, 4.69) is 176 Å². The summed E-state index contributed by atoms with van der Waals surface area (Å²) in [5.74, 6) is 0.950. The van der Waals surface area contributed by atoms with Gasteiger partial charge in [0, 0.05) is 23.0 Å². The summed E-state index contributed by atoms with van der Waals surface area (Å²) in [6.45, 7) is 0. The molecule has 3 nitrogen and oxygen atoms in total. The van der Waals surface area contributed by atoms with Crippen molar-refractivity contribution in [2.24, 2.45) is 0 Å². The van der Waals surface area contributed by atoms with Crippen LogP contribution >= 0.6 is 0 Å². The Labute approximate surface area is 308 Å². The van der Waals surface area contributed by atoms with Gasteiger partial charge in [-0.1, -0.05) is 131 Å². The van der Waals surface area contributed by atoms with Gasteiger partial charge in [-0.15, -0.1) is 5.46 Å². The van der Waals surface area contributed by atoms with Gasteiger partial charge in [0.15, 0.2) is 0 Å². The minimum absolute atomic E-state index is 0.950. The molecule has 2 heterocycles. The number of fused-ring (bicyclic) bond motifs is 3. The molecule has 0 saturated heterocycles. The van der Waals surface area contributed by atoms with Gasteiger partial charge in [0.25, 0.3) is 0 Å². The summed E-state index contributed by atoms with van der Waals surface area (Å²) in [6.07, 6.45) is 1.86. The zero-order valence-electron chi connectivity index (χ0n) is 30.2. The Morgan fingerprint density at radius 1 is 0.442 bits per heavy atom. The molecule has 0 radical (unpaired) electrons.